The van der Waals surface area contributed by atoms with Crippen molar-refractivity contribution in [3.05, 3.63) is 29.6 Å². The van der Waals surface area contributed by atoms with Crippen LogP contribution in [0.5, 0.6) is 0 Å². The van der Waals surface area contributed by atoms with Crippen molar-refractivity contribution in [3.8, 4) is 6.07 Å². The quantitative estimate of drug-likeness (QED) is 0.731. The van der Waals surface area contributed by atoms with Gasteiger partial charge < -0.3 is 4.74 Å². The molecule has 1 aromatic rings. The van der Waals surface area contributed by atoms with Gasteiger partial charge in [-0.1, -0.05) is 0 Å². The largest absolute Gasteiger partial charge is 0.373 e. The Hall–Kier alpha value is -2.26. The summed E-state index contributed by atoms with van der Waals surface area (Å²) in [6.07, 6.45) is 1.23. The van der Waals surface area contributed by atoms with Crippen molar-refractivity contribution in [2.75, 3.05) is 4.90 Å². The van der Waals surface area contributed by atoms with Crippen molar-refractivity contribution < 1.29 is 18.7 Å². The molecule has 0 radical (unpaired) electrons. The third-order valence-electron chi connectivity index (χ3n) is 4.61. The highest BCUT2D eigenvalue weighted by molar-refractivity contribution is 6.22. The Morgan fingerprint density at radius 2 is 1.81 bits per heavy atom. The number of rotatable bonds is 1. The van der Waals surface area contributed by atoms with Gasteiger partial charge in [0.2, 0.25) is 11.8 Å². The van der Waals surface area contributed by atoms with Crippen LogP contribution in [0.15, 0.2) is 18.2 Å². The number of hydrogen-bond donors (Lipinski definition) is 0. The minimum atomic E-state index is -0.663. The van der Waals surface area contributed by atoms with E-state index in [2.05, 4.69) is 0 Å². The fourth-order valence-electron chi connectivity index (χ4n) is 3.70. The Morgan fingerprint density at radius 3 is 2.38 bits per heavy atom. The molecule has 1 aromatic carbocycles. The zero-order valence-corrected chi connectivity index (χ0v) is 11.0. The molecule has 2 bridgehead atoms. The number of benzene rings is 1. The van der Waals surface area contributed by atoms with Crippen LogP contribution >= 0.6 is 0 Å². The number of carbonyl (C=O) groups excluding carboxylic acids is 2. The molecule has 4 rings (SSSR count). The lowest BCUT2D eigenvalue weighted by Crippen LogP contribution is -2.34. The van der Waals surface area contributed by atoms with Gasteiger partial charge in [0, 0.05) is 0 Å². The maximum Gasteiger partial charge on any atom is 0.240 e. The summed E-state index contributed by atoms with van der Waals surface area (Å²) in [5.74, 6) is -2.11. The van der Waals surface area contributed by atoms with Crippen LogP contribution in [0.25, 0.3) is 0 Å². The van der Waals surface area contributed by atoms with E-state index in [0.717, 1.165) is 23.8 Å². The van der Waals surface area contributed by atoms with Gasteiger partial charge in [-0.2, -0.15) is 5.26 Å². The zero-order valence-electron chi connectivity index (χ0n) is 11.0. The van der Waals surface area contributed by atoms with Gasteiger partial charge in [-0.15, -0.1) is 0 Å². The Bertz CT molecular complexity index is 683. The number of nitriles is 1. The second-order valence-corrected chi connectivity index (χ2v) is 5.63. The minimum Gasteiger partial charge on any atom is -0.373 e. The van der Waals surface area contributed by atoms with Crippen LogP contribution < -0.4 is 4.90 Å². The topological polar surface area (TPSA) is 70.4 Å². The first-order valence-electron chi connectivity index (χ1n) is 6.84. The highest BCUT2D eigenvalue weighted by Gasteiger charge is 2.62. The summed E-state index contributed by atoms with van der Waals surface area (Å²) >= 11 is 0. The van der Waals surface area contributed by atoms with Crippen molar-refractivity contribution in [2.24, 2.45) is 11.8 Å². The summed E-state index contributed by atoms with van der Waals surface area (Å²) in [6.45, 7) is 0. The molecule has 0 aliphatic carbocycles. The monoisotopic (exact) mass is 286 g/mol. The van der Waals surface area contributed by atoms with E-state index in [4.69, 9.17) is 10.00 Å². The summed E-state index contributed by atoms with van der Waals surface area (Å²) in [5, 5.41) is 8.87. The predicted molar refractivity (Wildman–Crippen MR) is 68.5 cm³/mol. The Balaban J connectivity index is 1.75. The van der Waals surface area contributed by atoms with Gasteiger partial charge in [-0.05, 0) is 31.0 Å². The molecule has 0 saturated carbocycles. The summed E-state index contributed by atoms with van der Waals surface area (Å²) in [5.41, 5.74) is 0.0844. The Kier molecular flexibility index (Phi) is 2.45. The zero-order chi connectivity index (χ0) is 14.7. The molecular formula is C15H11FN2O3. The van der Waals surface area contributed by atoms with Crippen LogP contribution in [0.2, 0.25) is 0 Å². The van der Waals surface area contributed by atoms with Gasteiger partial charge in [0.15, 0.2) is 0 Å². The Labute approximate surface area is 119 Å². The second-order valence-electron chi connectivity index (χ2n) is 5.63. The number of nitrogens with zero attached hydrogens (tertiary/aromatic N) is 2. The first-order valence-corrected chi connectivity index (χ1v) is 6.84. The lowest BCUT2D eigenvalue weighted by Gasteiger charge is -2.17. The number of fused-ring (bicyclic) bond motifs is 5. The average molecular weight is 286 g/mol. The summed E-state index contributed by atoms with van der Waals surface area (Å²) in [7, 11) is 0. The fourth-order valence-corrected chi connectivity index (χ4v) is 3.70. The predicted octanol–water partition coefficient (Wildman–Crippen LogP) is 1.36. The van der Waals surface area contributed by atoms with E-state index in [1.165, 1.54) is 12.1 Å². The number of anilines is 1. The van der Waals surface area contributed by atoms with Crippen molar-refractivity contribution >= 4 is 17.5 Å². The number of amides is 2. The molecule has 5 nitrogen and oxygen atoms in total. The summed E-state index contributed by atoms with van der Waals surface area (Å²) in [4.78, 5) is 26.1. The first-order chi connectivity index (χ1) is 10.1. The maximum atomic E-state index is 13.4. The molecule has 4 unspecified atom stereocenters. The van der Waals surface area contributed by atoms with Crippen molar-refractivity contribution in [3.63, 3.8) is 0 Å². The van der Waals surface area contributed by atoms with Crippen molar-refractivity contribution in [1.29, 1.82) is 5.26 Å². The van der Waals surface area contributed by atoms with Crippen LogP contribution in [0.3, 0.4) is 0 Å². The van der Waals surface area contributed by atoms with Crippen LogP contribution in [0.4, 0.5) is 10.1 Å². The SMILES string of the molecule is N#Cc1cc(N2C(=O)C3C4CCC(O4)C3C2=O)ccc1F. The molecule has 4 atom stereocenters. The number of halogens is 1. The molecule has 21 heavy (non-hydrogen) atoms. The van der Waals surface area contributed by atoms with Crippen molar-refractivity contribution in [2.45, 2.75) is 25.0 Å². The number of imide groups is 1. The van der Waals surface area contributed by atoms with E-state index in [9.17, 15) is 14.0 Å². The molecule has 6 heteroatoms. The van der Waals surface area contributed by atoms with Crippen LogP contribution in [0, 0.1) is 29.0 Å². The van der Waals surface area contributed by atoms with Crippen molar-refractivity contribution in [1.82, 2.24) is 0 Å². The molecule has 0 spiro atoms. The van der Waals surface area contributed by atoms with E-state index in [1.807, 2.05) is 0 Å². The standard InChI is InChI=1S/C15H11FN2O3/c16-9-2-1-8(5-7(9)6-17)18-14(19)12-10-3-4-11(21-10)13(12)15(18)20/h1-2,5,10-13H,3-4H2. The van der Waals surface area contributed by atoms with Crippen LogP contribution in [-0.2, 0) is 14.3 Å². The average Bonchev–Trinajstić information content (AvgIpc) is 3.14. The molecule has 0 aromatic heterocycles. The lowest BCUT2D eigenvalue weighted by atomic mass is 9.81. The van der Waals surface area contributed by atoms with E-state index < -0.39 is 17.7 Å². The second kappa shape index (κ2) is 4.12. The Morgan fingerprint density at radius 1 is 1.19 bits per heavy atom. The molecule has 3 heterocycles. The summed E-state index contributed by atoms with van der Waals surface area (Å²) < 4.78 is 19.0. The molecule has 3 fully saturated rings. The van der Waals surface area contributed by atoms with Gasteiger partial charge >= 0.3 is 0 Å². The van der Waals surface area contributed by atoms with Crippen LogP contribution in [0.1, 0.15) is 18.4 Å². The molecule has 3 aliphatic heterocycles. The molecule has 3 aliphatic rings. The summed E-state index contributed by atoms with van der Waals surface area (Å²) in [6, 6.07) is 5.43. The highest BCUT2D eigenvalue weighted by atomic mass is 19.1. The molecule has 2 amide bonds. The maximum absolute atomic E-state index is 13.4. The normalized spacial score (nSPS) is 33.4. The number of hydrogen-bond acceptors (Lipinski definition) is 4. The van der Waals surface area contributed by atoms with Gasteiger partial charge in [0.05, 0.1) is 35.3 Å². The van der Waals surface area contributed by atoms with Gasteiger partial charge in [0.25, 0.3) is 0 Å². The van der Waals surface area contributed by atoms with E-state index in [0.29, 0.717) is 0 Å². The molecule has 106 valence electrons. The van der Waals surface area contributed by atoms with Crippen LogP contribution in [-0.4, -0.2) is 24.0 Å². The third-order valence-corrected chi connectivity index (χ3v) is 4.61. The van der Waals surface area contributed by atoms with E-state index >= 15 is 0 Å². The molecule has 0 N–H and O–H groups in total. The van der Waals surface area contributed by atoms with E-state index in [-0.39, 0.29) is 35.3 Å². The third kappa shape index (κ3) is 1.52. The number of ether oxygens (including phenoxy) is 1. The van der Waals surface area contributed by atoms with Gasteiger partial charge in [-0.25, -0.2) is 9.29 Å². The highest BCUT2D eigenvalue weighted by Crippen LogP contribution is 2.49. The first kappa shape index (κ1) is 12.5. The minimum absolute atomic E-state index is 0.176. The van der Waals surface area contributed by atoms with Gasteiger partial charge in [-0.3, -0.25) is 9.59 Å². The lowest BCUT2D eigenvalue weighted by molar-refractivity contribution is -0.124. The van der Waals surface area contributed by atoms with Gasteiger partial charge in [0.1, 0.15) is 11.9 Å². The number of carbonyl (C=O) groups is 2. The van der Waals surface area contributed by atoms with E-state index in [1.54, 1.807) is 6.07 Å². The molecule has 3 saturated heterocycles. The fraction of sp³-hybridized carbons (Fsp3) is 0.400. The molecular weight excluding hydrogens is 275 g/mol. The smallest absolute Gasteiger partial charge is 0.240 e.